The van der Waals surface area contributed by atoms with Crippen LogP contribution < -0.4 is 14.2 Å². The van der Waals surface area contributed by atoms with E-state index in [-0.39, 0.29) is 0 Å². The van der Waals surface area contributed by atoms with E-state index in [0.717, 1.165) is 16.8 Å². The molecule has 108 valence electrons. The maximum absolute atomic E-state index is 5.41. The highest BCUT2D eigenvalue weighted by Gasteiger charge is 2.14. The molecule has 0 unspecified atom stereocenters. The molecular weight excluding hydrogens is 270 g/mol. The molecule has 21 heavy (non-hydrogen) atoms. The molecule has 3 aromatic rings. The fourth-order valence-electron chi connectivity index (χ4n) is 2.18. The van der Waals surface area contributed by atoms with Crippen LogP contribution in [-0.4, -0.2) is 36.3 Å². The van der Waals surface area contributed by atoms with Gasteiger partial charge < -0.3 is 19.2 Å². The maximum Gasteiger partial charge on any atom is 0.241 e. The summed E-state index contributed by atoms with van der Waals surface area (Å²) in [5, 5.41) is 0. The van der Waals surface area contributed by atoms with Gasteiger partial charge in [0.1, 0.15) is 17.3 Å². The van der Waals surface area contributed by atoms with Gasteiger partial charge >= 0.3 is 0 Å². The van der Waals surface area contributed by atoms with Gasteiger partial charge in [-0.25, -0.2) is 9.97 Å². The highest BCUT2D eigenvalue weighted by molar-refractivity contribution is 5.84. The molecule has 1 aromatic carbocycles. The molecule has 0 radical (unpaired) electrons. The van der Waals surface area contributed by atoms with Crippen molar-refractivity contribution in [3.8, 4) is 28.8 Å². The van der Waals surface area contributed by atoms with E-state index in [1.54, 1.807) is 27.5 Å². The van der Waals surface area contributed by atoms with Crippen LogP contribution in [0.25, 0.3) is 22.4 Å². The molecule has 2 heterocycles. The van der Waals surface area contributed by atoms with E-state index in [9.17, 15) is 0 Å². The number of methoxy groups -OCH3 is 3. The lowest BCUT2D eigenvalue weighted by Gasteiger charge is -2.08. The number of fused-ring (bicyclic) bond motifs is 1. The SMILES string of the molecule is COc1ccc(-c2nc3c(OC)nccc3[nH]2)c(OC)c1. The number of nitrogens with zero attached hydrogens (tertiary/aromatic N) is 2. The second-order valence-corrected chi connectivity index (χ2v) is 4.37. The minimum Gasteiger partial charge on any atom is -0.497 e. The Labute approximate surface area is 121 Å². The van der Waals surface area contributed by atoms with Crippen molar-refractivity contribution in [2.24, 2.45) is 0 Å². The predicted octanol–water partition coefficient (Wildman–Crippen LogP) is 2.65. The number of rotatable bonds is 4. The van der Waals surface area contributed by atoms with Gasteiger partial charge in [0.2, 0.25) is 5.88 Å². The van der Waals surface area contributed by atoms with Crippen molar-refractivity contribution in [2.75, 3.05) is 21.3 Å². The molecular formula is C15H15N3O3. The van der Waals surface area contributed by atoms with E-state index >= 15 is 0 Å². The average molecular weight is 285 g/mol. The van der Waals surface area contributed by atoms with E-state index in [1.807, 2.05) is 24.3 Å². The number of benzene rings is 1. The summed E-state index contributed by atoms with van der Waals surface area (Å²) >= 11 is 0. The largest absolute Gasteiger partial charge is 0.497 e. The fraction of sp³-hybridized carbons (Fsp3) is 0.200. The summed E-state index contributed by atoms with van der Waals surface area (Å²) in [5.41, 5.74) is 2.39. The third-order valence-electron chi connectivity index (χ3n) is 3.22. The summed E-state index contributed by atoms with van der Waals surface area (Å²) in [6.07, 6.45) is 1.67. The number of hydrogen-bond donors (Lipinski definition) is 1. The van der Waals surface area contributed by atoms with Gasteiger partial charge in [0.25, 0.3) is 0 Å². The summed E-state index contributed by atoms with van der Waals surface area (Å²) in [7, 11) is 4.80. The molecule has 0 atom stereocenters. The zero-order valence-electron chi connectivity index (χ0n) is 12.0. The normalized spacial score (nSPS) is 10.6. The first kappa shape index (κ1) is 13.2. The highest BCUT2D eigenvalue weighted by Crippen LogP contribution is 2.33. The maximum atomic E-state index is 5.41. The van der Waals surface area contributed by atoms with Gasteiger partial charge in [0.15, 0.2) is 5.52 Å². The third kappa shape index (κ3) is 2.24. The van der Waals surface area contributed by atoms with Gasteiger partial charge in [-0.2, -0.15) is 0 Å². The first-order chi connectivity index (χ1) is 10.3. The number of pyridine rings is 1. The molecule has 0 aliphatic heterocycles. The zero-order chi connectivity index (χ0) is 14.8. The van der Waals surface area contributed by atoms with Crippen molar-refractivity contribution in [3.63, 3.8) is 0 Å². The van der Waals surface area contributed by atoms with Crippen molar-refractivity contribution < 1.29 is 14.2 Å². The van der Waals surface area contributed by atoms with Gasteiger partial charge in [0, 0.05) is 12.3 Å². The molecule has 2 aromatic heterocycles. The van der Waals surface area contributed by atoms with Crippen LogP contribution in [0.4, 0.5) is 0 Å². The molecule has 6 nitrogen and oxygen atoms in total. The van der Waals surface area contributed by atoms with E-state index in [2.05, 4.69) is 15.0 Å². The van der Waals surface area contributed by atoms with Crippen molar-refractivity contribution in [1.29, 1.82) is 0 Å². The van der Waals surface area contributed by atoms with Gasteiger partial charge in [-0.1, -0.05) is 0 Å². The van der Waals surface area contributed by atoms with E-state index in [1.165, 1.54) is 0 Å². The zero-order valence-corrected chi connectivity index (χ0v) is 12.0. The molecule has 0 saturated heterocycles. The highest BCUT2D eigenvalue weighted by atomic mass is 16.5. The van der Waals surface area contributed by atoms with Crippen LogP contribution in [0.15, 0.2) is 30.5 Å². The predicted molar refractivity (Wildman–Crippen MR) is 79.0 cm³/mol. The van der Waals surface area contributed by atoms with E-state index < -0.39 is 0 Å². The number of aromatic nitrogens is 3. The molecule has 6 heteroatoms. The minimum absolute atomic E-state index is 0.488. The van der Waals surface area contributed by atoms with Crippen molar-refractivity contribution in [2.45, 2.75) is 0 Å². The summed E-state index contributed by atoms with van der Waals surface area (Å²) < 4.78 is 15.8. The summed E-state index contributed by atoms with van der Waals surface area (Å²) in [4.78, 5) is 11.9. The Morgan fingerprint density at radius 2 is 1.86 bits per heavy atom. The van der Waals surface area contributed by atoms with E-state index in [4.69, 9.17) is 14.2 Å². The minimum atomic E-state index is 0.488. The van der Waals surface area contributed by atoms with Crippen molar-refractivity contribution in [1.82, 2.24) is 15.0 Å². The standard InChI is InChI=1S/C15H15N3O3/c1-19-9-4-5-10(12(8-9)20-2)14-17-11-6-7-16-15(21-3)13(11)18-14/h4-8H,1-3H3,(H,17,18). The Morgan fingerprint density at radius 3 is 2.57 bits per heavy atom. The summed E-state index contributed by atoms with van der Waals surface area (Å²) in [5.74, 6) is 2.59. The van der Waals surface area contributed by atoms with Crippen LogP contribution in [0.3, 0.4) is 0 Å². The van der Waals surface area contributed by atoms with Crippen molar-refractivity contribution in [3.05, 3.63) is 30.5 Å². The molecule has 0 aliphatic carbocycles. The quantitative estimate of drug-likeness (QED) is 0.798. The number of H-pyrrole nitrogens is 1. The monoisotopic (exact) mass is 285 g/mol. The number of hydrogen-bond acceptors (Lipinski definition) is 5. The Kier molecular flexibility index (Phi) is 3.35. The molecule has 1 N–H and O–H groups in total. The smallest absolute Gasteiger partial charge is 0.241 e. The topological polar surface area (TPSA) is 69.3 Å². The molecule has 0 saturated carbocycles. The Bertz CT molecular complexity index is 783. The molecule has 0 spiro atoms. The molecule has 0 bridgehead atoms. The van der Waals surface area contributed by atoms with Crippen LogP contribution in [0.2, 0.25) is 0 Å². The molecule has 0 fully saturated rings. The molecule has 0 aliphatic rings. The summed E-state index contributed by atoms with van der Waals surface area (Å²) in [6.45, 7) is 0. The molecule has 3 rings (SSSR count). The number of ether oxygens (including phenoxy) is 3. The number of nitrogens with one attached hydrogen (secondary N) is 1. The van der Waals surface area contributed by atoms with Crippen LogP contribution in [0, 0.1) is 0 Å². The molecule has 0 amide bonds. The second-order valence-electron chi connectivity index (χ2n) is 4.37. The lowest BCUT2D eigenvalue weighted by Crippen LogP contribution is -1.91. The fourth-order valence-corrected chi connectivity index (χ4v) is 2.18. The second kappa shape index (κ2) is 5.32. The first-order valence-electron chi connectivity index (χ1n) is 6.38. The lowest BCUT2D eigenvalue weighted by atomic mass is 10.2. The van der Waals surface area contributed by atoms with Crippen LogP contribution in [0.5, 0.6) is 17.4 Å². The Hall–Kier alpha value is -2.76. The first-order valence-corrected chi connectivity index (χ1v) is 6.38. The van der Waals surface area contributed by atoms with Gasteiger partial charge in [-0.05, 0) is 18.2 Å². The van der Waals surface area contributed by atoms with E-state index in [0.29, 0.717) is 23.0 Å². The average Bonchev–Trinajstić information content (AvgIpc) is 2.97. The Balaban J connectivity index is 2.16. The van der Waals surface area contributed by atoms with Gasteiger partial charge in [-0.15, -0.1) is 0 Å². The van der Waals surface area contributed by atoms with Crippen molar-refractivity contribution >= 4 is 11.0 Å². The lowest BCUT2D eigenvalue weighted by molar-refractivity contribution is 0.395. The van der Waals surface area contributed by atoms with Crippen LogP contribution in [0.1, 0.15) is 0 Å². The van der Waals surface area contributed by atoms with Crippen LogP contribution in [-0.2, 0) is 0 Å². The number of imidazole rings is 1. The Morgan fingerprint density at radius 1 is 1.00 bits per heavy atom. The van der Waals surface area contributed by atoms with Gasteiger partial charge in [0.05, 0.1) is 32.4 Å². The number of aromatic amines is 1. The van der Waals surface area contributed by atoms with Crippen LogP contribution >= 0.6 is 0 Å². The summed E-state index contributed by atoms with van der Waals surface area (Å²) in [6, 6.07) is 7.43. The van der Waals surface area contributed by atoms with Gasteiger partial charge in [-0.3, -0.25) is 0 Å². The third-order valence-corrected chi connectivity index (χ3v) is 3.22.